The second kappa shape index (κ2) is 6.07. The SMILES string of the molecule is COC(=O)c1cc(C)nc(Oc2cc(Cl)cc(Cl)c2)n1. The summed E-state index contributed by atoms with van der Waals surface area (Å²) >= 11 is 11.7. The van der Waals surface area contributed by atoms with Crippen molar-refractivity contribution < 1.29 is 14.3 Å². The summed E-state index contributed by atoms with van der Waals surface area (Å²) in [6.45, 7) is 1.71. The first-order valence-electron chi connectivity index (χ1n) is 5.56. The number of hydrogen-bond donors (Lipinski definition) is 0. The van der Waals surface area contributed by atoms with Gasteiger partial charge in [0.15, 0.2) is 5.69 Å². The number of aromatic nitrogens is 2. The Morgan fingerprint density at radius 2 is 1.75 bits per heavy atom. The minimum Gasteiger partial charge on any atom is -0.464 e. The molecule has 1 aromatic carbocycles. The maximum Gasteiger partial charge on any atom is 0.356 e. The van der Waals surface area contributed by atoms with Crippen LogP contribution < -0.4 is 4.74 Å². The third-order valence-corrected chi connectivity index (χ3v) is 2.71. The third kappa shape index (κ3) is 3.59. The van der Waals surface area contributed by atoms with Crippen LogP contribution in [0.25, 0.3) is 0 Å². The van der Waals surface area contributed by atoms with Crippen LogP contribution >= 0.6 is 23.2 Å². The smallest absolute Gasteiger partial charge is 0.356 e. The second-order valence-corrected chi connectivity index (χ2v) is 4.75. The molecule has 0 amide bonds. The van der Waals surface area contributed by atoms with Gasteiger partial charge in [0, 0.05) is 15.7 Å². The first kappa shape index (κ1) is 14.6. The zero-order valence-corrected chi connectivity index (χ0v) is 12.2. The van der Waals surface area contributed by atoms with Crippen LogP contribution in [0.3, 0.4) is 0 Å². The van der Waals surface area contributed by atoms with Gasteiger partial charge in [-0.3, -0.25) is 0 Å². The van der Waals surface area contributed by atoms with Crippen molar-refractivity contribution in [1.82, 2.24) is 9.97 Å². The van der Waals surface area contributed by atoms with E-state index in [-0.39, 0.29) is 11.7 Å². The highest BCUT2D eigenvalue weighted by atomic mass is 35.5. The van der Waals surface area contributed by atoms with E-state index >= 15 is 0 Å². The highest BCUT2D eigenvalue weighted by Crippen LogP contribution is 2.27. The van der Waals surface area contributed by atoms with Gasteiger partial charge in [0.1, 0.15) is 5.75 Å². The fourth-order valence-electron chi connectivity index (χ4n) is 1.49. The number of benzene rings is 1. The third-order valence-electron chi connectivity index (χ3n) is 2.27. The average Bonchev–Trinajstić information content (AvgIpc) is 2.35. The Bertz CT molecular complexity index is 642. The van der Waals surface area contributed by atoms with Crippen LogP contribution in [0.15, 0.2) is 24.3 Å². The minimum atomic E-state index is -0.565. The lowest BCUT2D eigenvalue weighted by Gasteiger charge is -2.07. The number of carbonyl (C=O) groups excluding carboxylic acids is 1. The van der Waals surface area contributed by atoms with E-state index in [9.17, 15) is 4.79 Å². The van der Waals surface area contributed by atoms with E-state index in [1.54, 1.807) is 25.1 Å². The molecule has 0 aliphatic carbocycles. The standard InChI is InChI=1S/C13H10Cl2N2O3/c1-7-3-11(12(18)19-2)17-13(16-7)20-10-5-8(14)4-9(15)6-10/h3-6H,1-2H3. The number of carbonyl (C=O) groups is 1. The van der Waals surface area contributed by atoms with Crippen LogP contribution in [0, 0.1) is 6.92 Å². The van der Waals surface area contributed by atoms with Crippen molar-refractivity contribution in [2.24, 2.45) is 0 Å². The number of halogens is 2. The van der Waals surface area contributed by atoms with Crippen molar-refractivity contribution in [1.29, 1.82) is 0 Å². The fraction of sp³-hybridized carbons (Fsp3) is 0.154. The average molecular weight is 313 g/mol. The lowest BCUT2D eigenvalue weighted by atomic mass is 10.3. The molecule has 0 unspecified atom stereocenters. The number of methoxy groups -OCH3 is 1. The van der Waals surface area contributed by atoms with Crippen molar-refractivity contribution in [3.63, 3.8) is 0 Å². The monoisotopic (exact) mass is 312 g/mol. The number of rotatable bonds is 3. The van der Waals surface area contributed by atoms with Crippen molar-refractivity contribution in [3.8, 4) is 11.8 Å². The summed E-state index contributed by atoms with van der Waals surface area (Å²) in [6, 6.07) is 6.23. The van der Waals surface area contributed by atoms with Crippen molar-refractivity contribution in [2.75, 3.05) is 7.11 Å². The number of esters is 1. The normalized spacial score (nSPS) is 10.2. The maximum absolute atomic E-state index is 11.5. The largest absolute Gasteiger partial charge is 0.464 e. The zero-order valence-electron chi connectivity index (χ0n) is 10.7. The molecule has 0 bridgehead atoms. The number of aryl methyl sites for hydroxylation is 1. The molecule has 5 nitrogen and oxygen atoms in total. The van der Waals surface area contributed by atoms with Crippen molar-refractivity contribution in [2.45, 2.75) is 6.92 Å². The summed E-state index contributed by atoms with van der Waals surface area (Å²) in [7, 11) is 1.27. The summed E-state index contributed by atoms with van der Waals surface area (Å²) in [6.07, 6.45) is 0. The molecule has 0 saturated heterocycles. The Labute approximate surface area is 125 Å². The molecule has 104 valence electrons. The lowest BCUT2D eigenvalue weighted by molar-refractivity contribution is 0.0592. The predicted octanol–water partition coefficient (Wildman–Crippen LogP) is 3.67. The Morgan fingerprint density at radius 3 is 2.35 bits per heavy atom. The summed E-state index contributed by atoms with van der Waals surface area (Å²) in [5, 5.41) is 0.849. The van der Waals surface area contributed by atoms with E-state index in [1.165, 1.54) is 13.2 Å². The molecule has 0 aliphatic rings. The lowest BCUT2D eigenvalue weighted by Crippen LogP contribution is -2.07. The first-order valence-corrected chi connectivity index (χ1v) is 6.31. The Morgan fingerprint density at radius 1 is 1.10 bits per heavy atom. The molecule has 0 radical (unpaired) electrons. The first-order chi connectivity index (χ1) is 9.47. The molecular formula is C13H10Cl2N2O3. The van der Waals surface area contributed by atoms with Gasteiger partial charge < -0.3 is 9.47 Å². The highest BCUT2D eigenvalue weighted by molar-refractivity contribution is 6.34. The fourth-order valence-corrected chi connectivity index (χ4v) is 1.99. The van der Waals surface area contributed by atoms with E-state index in [1.807, 2.05) is 0 Å². The van der Waals surface area contributed by atoms with Gasteiger partial charge in [0.25, 0.3) is 0 Å². The quantitative estimate of drug-likeness (QED) is 0.809. The number of ether oxygens (including phenoxy) is 2. The predicted molar refractivity (Wildman–Crippen MR) is 74.6 cm³/mol. The Hall–Kier alpha value is -1.85. The molecule has 0 saturated carbocycles. The van der Waals surface area contributed by atoms with Crippen molar-refractivity contribution >= 4 is 29.2 Å². The highest BCUT2D eigenvalue weighted by Gasteiger charge is 2.12. The van der Waals surface area contributed by atoms with Gasteiger partial charge in [-0.05, 0) is 31.2 Å². The number of nitrogens with zero attached hydrogens (tertiary/aromatic N) is 2. The molecule has 0 N–H and O–H groups in total. The Balaban J connectivity index is 2.33. The molecule has 0 atom stereocenters. The molecule has 1 aromatic heterocycles. The van der Waals surface area contributed by atoms with Gasteiger partial charge >= 0.3 is 12.0 Å². The van der Waals surface area contributed by atoms with E-state index in [4.69, 9.17) is 27.9 Å². The van der Waals surface area contributed by atoms with Crippen LogP contribution in [-0.2, 0) is 4.74 Å². The van der Waals surface area contributed by atoms with Crippen LogP contribution in [0.2, 0.25) is 10.0 Å². The molecule has 0 aliphatic heterocycles. The summed E-state index contributed by atoms with van der Waals surface area (Å²) in [4.78, 5) is 19.5. The molecule has 2 aromatic rings. The van der Waals surface area contributed by atoms with E-state index in [0.29, 0.717) is 21.5 Å². The van der Waals surface area contributed by atoms with Gasteiger partial charge in [-0.25, -0.2) is 9.78 Å². The van der Waals surface area contributed by atoms with E-state index in [2.05, 4.69) is 14.7 Å². The van der Waals surface area contributed by atoms with Gasteiger partial charge in [-0.1, -0.05) is 23.2 Å². The van der Waals surface area contributed by atoms with Gasteiger partial charge in [0.05, 0.1) is 7.11 Å². The zero-order chi connectivity index (χ0) is 14.7. The molecular weight excluding hydrogens is 303 g/mol. The Kier molecular flexibility index (Phi) is 4.42. The van der Waals surface area contributed by atoms with Crippen molar-refractivity contribution in [3.05, 3.63) is 45.7 Å². The molecule has 0 spiro atoms. The van der Waals surface area contributed by atoms with E-state index in [0.717, 1.165) is 0 Å². The van der Waals surface area contributed by atoms with E-state index < -0.39 is 5.97 Å². The number of hydrogen-bond acceptors (Lipinski definition) is 5. The minimum absolute atomic E-state index is 0.0173. The topological polar surface area (TPSA) is 61.3 Å². The van der Waals surface area contributed by atoms with Crippen LogP contribution in [0.5, 0.6) is 11.8 Å². The van der Waals surface area contributed by atoms with Gasteiger partial charge in [-0.15, -0.1) is 0 Å². The molecule has 0 fully saturated rings. The molecule has 7 heteroatoms. The van der Waals surface area contributed by atoms with Gasteiger partial charge in [-0.2, -0.15) is 4.98 Å². The van der Waals surface area contributed by atoms with Crippen LogP contribution in [0.4, 0.5) is 0 Å². The summed E-state index contributed by atoms with van der Waals surface area (Å²) in [5.74, 6) is -0.187. The second-order valence-electron chi connectivity index (χ2n) is 3.88. The summed E-state index contributed by atoms with van der Waals surface area (Å²) in [5.41, 5.74) is 0.687. The van der Waals surface area contributed by atoms with Crippen LogP contribution in [0.1, 0.15) is 16.2 Å². The van der Waals surface area contributed by atoms with Gasteiger partial charge in [0.2, 0.25) is 0 Å². The molecule has 1 heterocycles. The maximum atomic E-state index is 11.5. The summed E-state index contributed by atoms with van der Waals surface area (Å²) < 4.78 is 10.1. The van der Waals surface area contributed by atoms with Crippen LogP contribution in [-0.4, -0.2) is 23.0 Å². The molecule has 2 rings (SSSR count). The molecule has 20 heavy (non-hydrogen) atoms.